The third-order valence-electron chi connectivity index (χ3n) is 4.62. The van der Waals surface area contributed by atoms with Crippen molar-refractivity contribution in [2.24, 2.45) is 11.8 Å². The Morgan fingerprint density at radius 3 is 2.67 bits per heavy atom. The minimum atomic E-state index is 0.190. The number of rotatable bonds is 7. The lowest BCUT2D eigenvalue weighted by atomic mass is 9.81. The van der Waals surface area contributed by atoms with Crippen molar-refractivity contribution in [3.63, 3.8) is 0 Å². The van der Waals surface area contributed by atoms with Crippen LogP contribution in [0.1, 0.15) is 50.2 Å². The summed E-state index contributed by atoms with van der Waals surface area (Å²) in [6.45, 7) is 4.97. The third kappa shape index (κ3) is 4.80. The zero-order valence-electron chi connectivity index (χ0n) is 13.5. The number of hydrogen-bond donors (Lipinski definition) is 2. The highest BCUT2D eigenvalue weighted by atomic mass is 16.5. The summed E-state index contributed by atoms with van der Waals surface area (Å²) < 4.78 is 6.09. The van der Waals surface area contributed by atoms with E-state index in [0.29, 0.717) is 5.92 Å². The maximum Gasteiger partial charge on any atom is 0.0772 e. The zero-order valence-corrected chi connectivity index (χ0v) is 13.5. The molecule has 2 unspecified atom stereocenters. The van der Waals surface area contributed by atoms with Crippen LogP contribution < -0.4 is 11.3 Å². The van der Waals surface area contributed by atoms with Crippen LogP contribution in [0, 0.1) is 12.8 Å². The number of nitrogens with one attached hydrogen (secondary N) is 1. The fourth-order valence-corrected chi connectivity index (χ4v) is 3.60. The predicted molar refractivity (Wildman–Crippen MR) is 88.0 cm³/mol. The van der Waals surface area contributed by atoms with Crippen molar-refractivity contribution < 1.29 is 4.74 Å². The number of hydrazine groups is 1. The van der Waals surface area contributed by atoms with Gasteiger partial charge in [-0.05, 0) is 44.6 Å². The molecule has 2 rings (SSSR count). The fourth-order valence-electron chi connectivity index (χ4n) is 3.60. The number of benzene rings is 1. The Labute approximate surface area is 129 Å². The average molecular weight is 290 g/mol. The van der Waals surface area contributed by atoms with E-state index in [0.717, 1.165) is 13.0 Å². The topological polar surface area (TPSA) is 47.3 Å². The number of hydrogen-bond acceptors (Lipinski definition) is 3. The first-order valence-electron chi connectivity index (χ1n) is 8.38. The van der Waals surface area contributed by atoms with Crippen LogP contribution in [0.25, 0.3) is 0 Å². The maximum absolute atomic E-state index is 6.09. The zero-order chi connectivity index (χ0) is 15.1. The van der Waals surface area contributed by atoms with Gasteiger partial charge in [0.05, 0.1) is 12.1 Å². The van der Waals surface area contributed by atoms with E-state index in [2.05, 4.69) is 43.5 Å². The van der Waals surface area contributed by atoms with Crippen LogP contribution >= 0.6 is 0 Å². The molecule has 0 aromatic heterocycles. The molecular formula is C18H30N2O. The van der Waals surface area contributed by atoms with Gasteiger partial charge in [0.15, 0.2) is 0 Å². The van der Waals surface area contributed by atoms with Crippen molar-refractivity contribution in [2.45, 2.75) is 64.5 Å². The molecule has 0 bridgehead atoms. The van der Waals surface area contributed by atoms with Crippen molar-refractivity contribution in [3.05, 3.63) is 35.4 Å². The van der Waals surface area contributed by atoms with Crippen molar-refractivity contribution in [3.8, 4) is 0 Å². The van der Waals surface area contributed by atoms with Crippen molar-refractivity contribution in [2.75, 3.05) is 6.61 Å². The van der Waals surface area contributed by atoms with E-state index in [-0.39, 0.29) is 12.1 Å². The average Bonchev–Trinajstić information content (AvgIpc) is 2.51. The van der Waals surface area contributed by atoms with Gasteiger partial charge in [0.1, 0.15) is 0 Å². The summed E-state index contributed by atoms with van der Waals surface area (Å²) in [7, 11) is 0. The first-order chi connectivity index (χ1) is 10.2. The lowest BCUT2D eigenvalue weighted by Crippen LogP contribution is -2.50. The summed E-state index contributed by atoms with van der Waals surface area (Å²) in [6, 6.07) is 8.87. The van der Waals surface area contributed by atoms with Gasteiger partial charge < -0.3 is 4.74 Å². The van der Waals surface area contributed by atoms with Crippen molar-refractivity contribution >= 4 is 0 Å². The van der Waals surface area contributed by atoms with Gasteiger partial charge in [-0.15, -0.1) is 0 Å². The first-order valence-corrected chi connectivity index (χ1v) is 8.38. The highest BCUT2D eigenvalue weighted by Crippen LogP contribution is 2.30. The SMILES string of the molecule is CCOC(C1CCCCC1)C(Cc1cccc(C)c1)NN. The van der Waals surface area contributed by atoms with Gasteiger partial charge in [-0.25, -0.2) is 0 Å². The molecule has 0 heterocycles. The normalized spacial score (nSPS) is 19.4. The second-order valence-electron chi connectivity index (χ2n) is 6.28. The van der Waals surface area contributed by atoms with Crippen LogP contribution in [0.3, 0.4) is 0 Å². The molecule has 1 aliphatic rings. The van der Waals surface area contributed by atoms with Crippen LogP contribution in [0.5, 0.6) is 0 Å². The number of aryl methyl sites for hydroxylation is 1. The molecule has 1 aromatic rings. The van der Waals surface area contributed by atoms with E-state index in [1.54, 1.807) is 0 Å². The van der Waals surface area contributed by atoms with Crippen molar-refractivity contribution in [1.29, 1.82) is 0 Å². The van der Waals surface area contributed by atoms with E-state index in [4.69, 9.17) is 10.6 Å². The molecule has 118 valence electrons. The molecule has 3 nitrogen and oxygen atoms in total. The molecule has 21 heavy (non-hydrogen) atoms. The number of nitrogens with two attached hydrogens (primary N) is 1. The fraction of sp³-hybridized carbons (Fsp3) is 0.667. The minimum Gasteiger partial charge on any atom is -0.377 e. The molecule has 3 N–H and O–H groups in total. The van der Waals surface area contributed by atoms with Gasteiger partial charge in [-0.1, -0.05) is 49.1 Å². The standard InChI is InChI=1S/C18H30N2O/c1-3-21-18(16-10-5-4-6-11-16)17(20-19)13-15-9-7-8-14(2)12-15/h7-9,12,16-18,20H,3-6,10-11,13,19H2,1-2H3. The smallest absolute Gasteiger partial charge is 0.0772 e. The molecule has 1 aromatic carbocycles. The largest absolute Gasteiger partial charge is 0.377 e. The van der Waals surface area contributed by atoms with E-state index < -0.39 is 0 Å². The second kappa shape index (κ2) is 8.52. The van der Waals surface area contributed by atoms with E-state index in [9.17, 15) is 0 Å². The summed E-state index contributed by atoms with van der Waals surface area (Å²) in [5.74, 6) is 6.51. The molecule has 2 atom stereocenters. The minimum absolute atomic E-state index is 0.190. The molecular weight excluding hydrogens is 260 g/mol. The van der Waals surface area contributed by atoms with Gasteiger partial charge in [0, 0.05) is 6.61 Å². The molecule has 0 spiro atoms. The highest BCUT2D eigenvalue weighted by molar-refractivity contribution is 5.23. The van der Waals surface area contributed by atoms with E-state index in [1.807, 2.05) is 0 Å². The van der Waals surface area contributed by atoms with E-state index in [1.165, 1.54) is 43.2 Å². The summed E-state index contributed by atoms with van der Waals surface area (Å²) in [4.78, 5) is 0. The van der Waals surface area contributed by atoms with Gasteiger partial charge >= 0.3 is 0 Å². The Kier molecular flexibility index (Phi) is 6.68. The third-order valence-corrected chi connectivity index (χ3v) is 4.62. The molecule has 0 saturated heterocycles. The van der Waals surface area contributed by atoms with Crippen LogP contribution in [0.15, 0.2) is 24.3 Å². The Hall–Kier alpha value is -0.900. The Morgan fingerprint density at radius 1 is 1.29 bits per heavy atom. The maximum atomic E-state index is 6.09. The van der Waals surface area contributed by atoms with Crippen LogP contribution in [0.4, 0.5) is 0 Å². The lowest BCUT2D eigenvalue weighted by molar-refractivity contribution is -0.0175. The quantitative estimate of drug-likeness (QED) is 0.598. The van der Waals surface area contributed by atoms with Gasteiger partial charge in [-0.2, -0.15) is 0 Å². The Bertz CT molecular complexity index is 415. The molecule has 0 amide bonds. The molecule has 1 aliphatic carbocycles. The number of ether oxygens (including phenoxy) is 1. The molecule has 1 fully saturated rings. The molecule has 3 heteroatoms. The van der Waals surface area contributed by atoms with Crippen LogP contribution in [-0.2, 0) is 11.2 Å². The molecule has 0 aliphatic heterocycles. The van der Waals surface area contributed by atoms with Gasteiger partial charge in [0.25, 0.3) is 0 Å². The van der Waals surface area contributed by atoms with Crippen LogP contribution in [-0.4, -0.2) is 18.8 Å². The summed E-state index contributed by atoms with van der Waals surface area (Å²) in [5.41, 5.74) is 5.66. The lowest BCUT2D eigenvalue weighted by Gasteiger charge is -2.35. The Balaban J connectivity index is 2.07. The van der Waals surface area contributed by atoms with Crippen LogP contribution in [0.2, 0.25) is 0 Å². The van der Waals surface area contributed by atoms with Gasteiger partial charge in [-0.3, -0.25) is 11.3 Å². The molecule has 1 saturated carbocycles. The van der Waals surface area contributed by atoms with E-state index >= 15 is 0 Å². The second-order valence-corrected chi connectivity index (χ2v) is 6.28. The Morgan fingerprint density at radius 2 is 2.05 bits per heavy atom. The highest BCUT2D eigenvalue weighted by Gasteiger charge is 2.30. The molecule has 0 radical (unpaired) electrons. The first kappa shape index (κ1) is 16.5. The predicted octanol–water partition coefficient (Wildman–Crippen LogP) is 3.35. The van der Waals surface area contributed by atoms with Gasteiger partial charge in [0.2, 0.25) is 0 Å². The van der Waals surface area contributed by atoms with Crippen molar-refractivity contribution in [1.82, 2.24) is 5.43 Å². The summed E-state index contributed by atoms with van der Waals surface area (Å²) >= 11 is 0. The summed E-state index contributed by atoms with van der Waals surface area (Å²) in [5, 5.41) is 0. The monoisotopic (exact) mass is 290 g/mol. The summed E-state index contributed by atoms with van der Waals surface area (Å²) in [6.07, 6.45) is 7.73.